The van der Waals surface area contributed by atoms with Crippen molar-refractivity contribution in [2.24, 2.45) is 5.16 Å². The van der Waals surface area contributed by atoms with Crippen LogP contribution in [0.3, 0.4) is 0 Å². The molecule has 1 N–H and O–H groups in total. The summed E-state index contributed by atoms with van der Waals surface area (Å²) in [5, 5.41) is 11.3. The second-order valence-electron chi connectivity index (χ2n) is 4.33. The average molecular weight is 272 g/mol. The maximum Gasteiger partial charge on any atom is 0.219 e. The summed E-state index contributed by atoms with van der Waals surface area (Å²) in [6.07, 6.45) is 2.76. The summed E-state index contributed by atoms with van der Waals surface area (Å²) in [5.74, 6) is 1.89. The van der Waals surface area contributed by atoms with E-state index < -0.39 is 0 Å². The van der Waals surface area contributed by atoms with Crippen molar-refractivity contribution in [3.05, 3.63) is 48.2 Å². The lowest BCUT2D eigenvalue weighted by atomic mass is 10.3. The van der Waals surface area contributed by atoms with Crippen LogP contribution in [0.5, 0.6) is 17.4 Å². The Bertz CT molecular complexity index is 565. The molecule has 0 aliphatic heterocycles. The SMILES string of the molecule is Cc1ccc(Oc2ccc(OC(C)/C=N/O)cc2)nc1. The van der Waals surface area contributed by atoms with Crippen LogP contribution in [-0.4, -0.2) is 22.5 Å². The van der Waals surface area contributed by atoms with Crippen molar-refractivity contribution in [1.82, 2.24) is 4.98 Å². The monoisotopic (exact) mass is 272 g/mol. The summed E-state index contributed by atoms with van der Waals surface area (Å²) in [6, 6.07) is 10.9. The van der Waals surface area contributed by atoms with Gasteiger partial charge in [0.25, 0.3) is 0 Å². The van der Waals surface area contributed by atoms with Crippen molar-refractivity contribution in [1.29, 1.82) is 0 Å². The number of benzene rings is 1. The van der Waals surface area contributed by atoms with Gasteiger partial charge in [-0.25, -0.2) is 4.98 Å². The van der Waals surface area contributed by atoms with E-state index >= 15 is 0 Å². The summed E-state index contributed by atoms with van der Waals surface area (Å²) in [5.41, 5.74) is 1.08. The molecule has 5 nitrogen and oxygen atoms in total. The number of oxime groups is 1. The first-order valence-electron chi connectivity index (χ1n) is 6.22. The van der Waals surface area contributed by atoms with Crippen LogP contribution in [0.1, 0.15) is 12.5 Å². The zero-order valence-corrected chi connectivity index (χ0v) is 11.4. The van der Waals surface area contributed by atoms with Crippen LogP contribution in [0, 0.1) is 6.92 Å². The normalized spacial score (nSPS) is 12.3. The van der Waals surface area contributed by atoms with Crippen LogP contribution in [-0.2, 0) is 0 Å². The number of nitrogens with zero attached hydrogens (tertiary/aromatic N) is 2. The van der Waals surface area contributed by atoms with Crippen LogP contribution in [0.4, 0.5) is 0 Å². The van der Waals surface area contributed by atoms with Gasteiger partial charge in [-0.05, 0) is 43.7 Å². The van der Waals surface area contributed by atoms with Crippen molar-refractivity contribution >= 4 is 6.21 Å². The summed E-state index contributed by atoms with van der Waals surface area (Å²) in [7, 11) is 0. The Morgan fingerprint density at radius 3 is 2.45 bits per heavy atom. The highest BCUT2D eigenvalue weighted by Crippen LogP contribution is 2.22. The smallest absolute Gasteiger partial charge is 0.219 e. The maximum atomic E-state index is 8.40. The third-order valence-electron chi connectivity index (χ3n) is 2.53. The second-order valence-corrected chi connectivity index (χ2v) is 4.33. The standard InChI is InChI=1S/C15H16N2O3/c1-11-3-8-15(16-9-11)20-14-6-4-13(5-7-14)19-12(2)10-17-18/h3-10,12,18H,1-2H3/b17-10+. The largest absolute Gasteiger partial charge is 0.485 e. The number of rotatable bonds is 5. The number of aryl methyl sites for hydroxylation is 1. The molecule has 2 aromatic rings. The molecule has 0 fully saturated rings. The van der Waals surface area contributed by atoms with Gasteiger partial charge in [0.15, 0.2) is 0 Å². The molecule has 1 aromatic carbocycles. The van der Waals surface area contributed by atoms with Gasteiger partial charge < -0.3 is 14.7 Å². The highest BCUT2D eigenvalue weighted by atomic mass is 16.5. The Balaban J connectivity index is 1.99. The van der Waals surface area contributed by atoms with Crippen molar-refractivity contribution in [3.63, 3.8) is 0 Å². The molecule has 104 valence electrons. The Kier molecular flexibility index (Phi) is 4.55. The van der Waals surface area contributed by atoms with E-state index in [9.17, 15) is 0 Å². The topological polar surface area (TPSA) is 63.9 Å². The highest BCUT2D eigenvalue weighted by molar-refractivity contribution is 5.62. The van der Waals surface area contributed by atoms with E-state index in [0.29, 0.717) is 17.4 Å². The lowest BCUT2D eigenvalue weighted by Crippen LogP contribution is -2.12. The zero-order chi connectivity index (χ0) is 14.4. The number of pyridine rings is 1. The zero-order valence-electron chi connectivity index (χ0n) is 11.4. The molecule has 20 heavy (non-hydrogen) atoms. The lowest BCUT2D eigenvalue weighted by Gasteiger charge is -2.10. The molecule has 0 saturated heterocycles. The van der Waals surface area contributed by atoms with Gasteiger partial charge in [0.05, 0.1) is 6.21 Å². The van der Waals surface area contributed by atoms with Gasteiger partial charge in [-0.15, -0.1) is 0 Å². The Morgan fingerprint density at radius 2 is 1.85 bits per heavy atom. The predicted molar refractivity (Wildman–Crippen MR) is 75.9 cm³/mol. The lowest BCUT2D eigenvalue weighted by molar-refractivity contribution is 0.274. The molecule has 0 amide bonds. The molecule has 0 bridgehead atoms. The summed E-state index contributed by atoms with van der Waals surface area (Å²) in [6.45, 7) is 3.75. The molecule has 1 atom stereocenters. The molecule has 0 aliphatic carbocycles. The summed E-state index contributed by atoms with van der Waals surface area (Å²) >= 11 is 0. The van der Waals surface area contributed by atoms with E-state index in [1.807, 2.05) is 19.1 Å². The molecule has 0 saturated carbocycles. The molecule has 0 radical (unpaired) electrons. The van der Waals surface area contributed by atoms with Gasteiger partial charge in [0.1, 0.15) is 17.6 Å². The van der Waals surface area contributed by atoms with Gasteiger partial charge >= 0.3 is 0 Å². The molecule has 1 aromatic heterocycles. The van der Waals surface area contributed by atoms with Crippen LogP contribution < -0.4 is 9.47 Å². The Hall–Kier alpha value is -2.56. The fraction of sp³-hybridized carbons (Fsp3) is 0.200. The number of ether oxygens (including phenoxy) is 2. The summed E-state index contributed by atoms with van der Waals surface area (Å²) < 4.78 is 11.1. The van der Waals surface area contributed by atoms with Gasteiger partial charge in [0, 0.05) is 12.3 Å². The maximum absolute atomic E-state index is 8.40. The van der Waals surface area contributed by atoms with Crippen LogP contribution in [0.2, 0.25) is 0 Å². The quantitative estimate of drug-likeness (QED) is 0.514. The minimum atomic E-state index is -0.300. The summed E-state index contributed by atoms with van der Waals surface area (Å²) in [4.78, 5) is 4.17. The first kappa shape index (κ1) is 13.9. The molecular weight excluding hydrogens is 256 g/mol. The van der Waals surface area contributed by atoms with E-state index in [2.05, 4.69) is 10.1 Å². The molecule has 0 aliphatic rings. The van der Waals surface area contributed by atoms with E-state index in [4.69, 9.17) is 14.7 Å². The van der Waals surface area contributed by atoms with Crippen molar-refractivity contribution in [3.8, 4) is 17.4 Å². The first-order valence-corrected chi connectivity index (χ1v) is 6.22. The Labute approximate surface area is 117 Å². The molecule has 1 heterocycles. The van der Waals surface area contributed by atoms with Gasteiger partial charge in [-0.2, -0.15) is 0 Å². The highest BCUT2D eigenvalue weighted by Gasteiger charge is 2.02. The fourth-order valence-corrected chi connectivity index (χ4v) is 1.56. The number of hydrogen-bond acceptors (Lipinski definition) is 5. The van der Waals surface area contributed by atoms with Crippen LogP contribution in [0.15, 0.2) is 47.8 Å². The predicted octanol–water partition coefficient (Wildman–Crippen LogP) is 3.41. The number of aromatic nitrogens is 1. The van der Waals surface area contributed by atoms with Crippen LogP contribution in [0.25, 0.3) is 0 Å². The molecule has 0 spiro atoms. The van der Waals surface area contributed by atoms with E-state index in [1.165, 1.54) is 6.21 Å². The van der Waals surface area contributed by atoms with Gasteiger partial charge in [0.2, 0.25) is 5.88 Å². The van der Waals surface area contributed by atoms with E-state index in [1.54, 1.807) is 37.4 Å². The average Bonchev–Trinajstić information content (AvgIpc) is 2.44. The van der Waals surface area contributed by atoms with Crippen molar-refractivity contribution in [2.75, 3.05) is 0 Å². The molecule has 5 heteroatoms. The van der Waals surface area contributed by atoms with Crippen molar-refractivity contribution in [2.45, 2.75) is 20.0 Å². The molecule has 2 rings (SSSR count). The van der Waals surface area contributed by atoms with E-state index in [-0.39, 0.29) is 6.10 Å². The number of hydrogen-bond donors (Lipinski definition) is 1. The third-order valence-corrected chi connectivity index (χ3v) is 2.53. The van der Waals surface area contributed by atoms with E-state index in [0.717, 1.165) is 5.56 Å². The second kappa shape index (κ2) is 6.56. The van der Waals surface area contributed by atoms with Crippen molar-refractivity contribution < 1.29 is 14.7 Å². The molecule has 1 unspecified atom stereocenters. The van der Waals surface area contributed by atoms with Crippen LogP contribution >= 0.6 is 0 Å². The van der Waals surface area contributed by atoms with Gasteiger partial charge in [-0.1, -0.05) is 11.2 Å². The minimum Gasteiger partial charge on any atom is -0.485 e. The Morgan fingerprint density at radius 1 is 1.15 bits per heavy atom. The fourth-order valence-electron chi connectivity index (χ4n) is 1.56. The molecular formula is C15H16N2O3. The first-order chi connectivity index (χ1) is 9.67. The van der Waals surface area contributed by atoms with Gasteiger partial charge in [-0.3, -0.25) is 0 Å². The third kappa shape index (κ3) is 3.98. The minimum absolute atomic E-state index is 0.300.